The molecule has 1 rings (SSSR count). The summed E-state index contributed by atoms with van der Waals surface area (Å²) >= 11 is 0. The predicted octanol–water partition coefficient (Wildman–Crippen LogP) is 2.17. The van der Waals surface area contributed by atoms with Crippen molar-refractivity contribution in [3.8, 4) is 0 Å². The van der Waals surface area contributed by atoms with Crippen LogP contribution >= 0.6 is 0 Å². The third-order valence-electron chi connectivity index (χ3n) is 2.44. The van der Waals surface area contributed by atoms with E-state index in [1.165, 1.54) is 0 Å². The van der Waals surface area contributed by atoms with E-state index in [0.29, 0.717) is 23.8 Å². The van der Waals surface area contributed by atoms with Crippen molar-refractivity contribution < 1.29 is 4.79 Å². The number of anilines is 1. The molecule has 0 aromatic carbocycles. The van der Waals surface area contributed by atoms with Crippen molar-refractivity contribution >= 4 is 11.6 Å². The van der Waals surface area contributed by atoms with E-state index in [-0.39, 0.29) is 11.8 Å². The lowest BCUT2D eigenvalue weighted by atomic mass is 10.2. The highest BCUT2D eigenvalue weighted by Gasteiger charge is 2.15. The molecule has 0 aliphatic carbocycles. The second-order valence-corrected chi connectivity index (χ2v) is 4.43. The van der Waals surface area contributed by atoms with Crippen LogP contribution in [-0.2, 0) is 0 Å². The fraction of sp³-hybridized carbons (Fsp3) is 0.615. The van der Waals surface area contributed by atoms with Crippen molar-refractivity contribution in [2.24, 2.45) is 0 Å². The molecule has 0 unspecified atom stereocenters. The molecular formula is C13H22N4O. The highest BCUT2D eigenvalue weighted by Crippen LogP contribution is 2.16. The van der Waals surface area contributed by atoms with E-state index in [2.05, 4.69) is 27.5 Å². The van der Waals surface area contributed by atoms with Gasteiger partial charge < -0.3 is 10.6 Å². The Hall–Kier alpha value is -1.65. The summed E-state index contributed by atoms with van der Waals surface area (Å²) in [5.41, 5.74) is 1.14. The summed E-state index contributed by atoms with van der Waals surface area (Å²) in [5.74, 6) is 0.747. The first-order chi connectivity index (χ1) is 8.60. The molecule has 1 amide bonds. The first-order valence-corrected chi connectivity index (χ1v) is 6.49. The minimum absolute atomic E-state index is 0.152. The minimum Gasteiger partial charge on any atom is -0.382 e. The highest BCUT2D eigenvalue weighted by atomic mass is 16.1. The largest absolute Gasteiger partial charge is 0.382 e. The Kier molecular flexibility index (Phi) is 5.55. The van der Waals surface area contributed by atoms with Gasteiger partial charge in [-0.05, 0) is 13.3 Å². The van der Waals surface area contributed by atoms with Gasteiger partial charge in [0.25, 0.3) is 5.91 Å². The summed E-state index contributed by atoms with van der Waals surface area (Å²) in [7, 11) is 0. The van der Waals surface area contributed by atoms with Crippen LogP contribution in [0, 0.1) is 0 Å². The Morgan fingerprint density at radius 3 is 2.67 bits per heavy atom. The average molecular weight is 250 g/mol. The van der Waals surface area contributed by atoms with Crippen LogP contribution in [0.4, 0.5) is 5.69 Å². The molecule has 2 N–H and O–H groups in total. The Labute approximate surface area is 108 Å². The van der Waals surface area contributed by atoms with E-state index in [4.69, 9.17) is 0 Å². The molecule has 0 fully saturated rings. The predicted molar refractivity (Wildman–Crippen MR) is 72.9 cm³/mol. The minimum atomic E-state index is -0.152. The molecule has 1 heterocycles. The molecule has 18 heavy (non-hydrogen) atoms. The number of hydrogen-bond donors (Lipinski definition) is 2. The Morgan fingerprint density at radius 2 is 2.11 bits per heavy atom. The zero-order chi connectivity index (χ0) is 13.5. The molecule has 1 aromatic rings. The van der Waals surface area contributed by atoms with Gasteiger partial charge in [-0.3, -0.25) is 4.79 Å². The molecule has 0 saturated carbocycles. The van der Waals surface area contributed by atoms with E-state index >= 15 is 0 Å². The number of hydrogen-bond acceptors (Lipinski definition) is 4. The smallest absolute Gasteiger partial charge is 0.272 e. The van der Waals surface area contributed by atoms with Crippen LogP contribution in [0.1, 0.15) is 56.3 Å². The van der Waals surface area contributed by atoms with Crippen molar-refractivity contribution in [3.05, 3.63) is 17.7 Å². The van der Waals surface area contributed by atoms with Crippen molar-refractivity contribution in [1.29, 1.82) is 0 Å². The van der Waals surface area contributed by atoms with Gasteiger partial charge in [-0.1, -0.05) is 20.8 Å². The molecule has 0 aliphatic heterocycles. The summed E-state index contributed by atoms with van der Waals surface area (Å²) in [6.07, 6.45) is 2.68. The Balaban J connectivity index is 3.05. The van der Waals surface area contributed by atoms with Crippen molar-refractivity contribution in [1.82, 2.24) is 15.3 Å². The first-order valence-electron chi connectivity index (χ1n) is 6.49. The van der Waals surface area contributed by atoms with Crippen LogP contribution in [-0.4, -0.2) is 29.0 Å². The van der Waals surface area contributed by atoms with Crippen LogP contribution < -0.4 is 10.6 Å². The molecular weight excluding hydrogens is 228 g/mol. The third kappa shape index (κ3) is 3.68. The monoisotopic (exact) mass is 250 g/mol. The Morgan fingerprint density at radius 1 is 1.39 bits per heavy atom. The molecule has 100 valence electrons. The number of rotatable bonds is 6. The van der Waals surface area contributed by atoms with Crippen LogP contribution in [0.25, 0.3) is 0 Å². The summed E-state index contributed by atoms with van der Waals surface area (Å²) < 4.78 is 0. The topological polar surface area (TPSA) is 66.9 Å². The quantitative estimate of drug-likeness (QED) is 0.812. The zero-order valence-corrected chi connectivity index (χ0v) is 11.6. The standard InChI is InChI=1S/C13H22N4O/c1-5-7-15-10-8-16-12(9(3)4)17-11(10)13(18)14-6-2/h8-9,15H,5-7H2,1-4H3,(H,14,18). The van der Waals surface area contributed by atoms with Gasteiger partial charge in [0.1, 0.15) is 5.82 Å². The number of nitrogens with one attached hydrogen (secondary N) is 2. The second kappa shape index (κ2) is 6.93. The molecule has 0 saturated heterocycles. The van der Waals surface area contributed by atoms with E-state index in [0.717, 1.165) is 13.0 Å². The summed E-state index contributed by atoms with van der Waals surface area (Å²) in [6, 6.07) is 0. The lowest BCUT2D eigenvalue weighted by molar-refractivity contribution is 0.0951. The van der Waals surface area contributed by atoms with Crippen molar-refractivity contribution in [2.75, 3.05) is 18.4 Å². The zero-order valence-electron chi connectivity index (χ0n) is 11.6. The molecule has 1 aromatic heterocycles. The number of carbonyl (C=O) groups excluding carboxylic acids is 1. The third-order valence-corrected chi connectivity index (χ3v) is 2.44. The van der Waals surface area contributed by atoms with Gasteiger partial charge in [-0.2, -0.15) is 0 Å². The van der Waals surface area contributed by atoms with Crippen LogP contribution in [0.15, 0.2) is 6.20 Å². The van der Waals surface area contributed by atoms with Gasteiger partial charge in [0, 0.05) is 19.0 Å². The summed E-state index contributed by atoms with van der Waals surface area (Å²) in [6.45, 7) is 9.37. The van der Waals surface area contributed by atoms with E-state index in [9.17, 15) is 4.79 Å². The maximum absolute atomic E-state index is 12.0. The molecule has 5 nitrogen and oxygen atoms in total. The van der Waals surface area contributed by atoms with E-state index < -0.39 is 0 Å². The maximum atomic E-state index is 12.0. The van der Waals surface area contributed by atoms with Crippen LogP contribution in [0.5, 0.6) is 0 Å². The molecule has 5 heteroatoms. The van der Waals surface area contributed by atoms with Gasteiger partial charge in [-0.15, -0.1) is 0 Å². The van der Waals surface area contributed by atoms with Gasteiger partial charge in [0.15, 0.2) is 5.69 Å². The van der Waals surface area contributed by atoms with Gasteiger partial charge in [0.05, 0.1) is 11.9 Å². The van der Waals surface area contributed by atoms with Crippen molar-refractivity contribution in [2.45, 2.75) is 40.0 Å². The first kappa shape index (κ1) is 14.4. The molecule has 0 bridgehead atoms. The number of carbonyl (C=O) groups is 1. The van der Waals surface area contributed by atoms with Gasteiger partial charge in [0.2, 0.25) is 0 Å². The van der Waals surface area contributed by atoms with E-state index in [1.54, 1.807) is 6.20 Å². The summed E-state index contributed by atoms with van der Waals surface area (Å²) in [5, 5.41) is 5.96. The van der Waals surface area contributed by atoms with Crippen LogP contribution in [0.3, 0.4) is 0 Å². The highest BCUT2D eigenvalue weighted by molar-refractivity contribution is 5.97. The lowest BCUT2D eigenvalue weighted by Gasteiger charge is -2.12. The summed E-state index contributed by atoms with van der Waals surface area (Å²) in [4.78, 5) is 20.6. The fourth-order valence-corrected chi connectivity index (χ4v) is 1.48. The van der Waals surface area contributed by atoms with Crippen LogP contribution in [0.2, 0.25) is 0 Å². The van der Waals surface area contributed by atoms with Crippen molar-refractivity contribution in [3.63, 3.8) is 0 Å². The van der Waals surface area contributed by atoms with Gasteiger partial charge >= 0.3 is 0 Å². The number of aromatic nitrogens is 2. The molecule has 0 radical (unpaired) electrons. The number of nitrogens with zero attached hydrogens (tertiary/aromatic N) is 2. The average Bonchev–Trinajstić information content (AvgIpc) is 2.36. The Bertz CT molecular complexity index is 404. The second-order valence-electron chi connectivity index (χ2n) is 4.43. The normalized spacial score (nSPS) is 10.5. The van der Waals surface area contributed by atoms with Gasteiger partial charge in [-0.25, -0.2) is 9.97 Å². The molecule has 0 atom stereocenters. The fourth-order valence-electron chi connectivity index (χ4n) is 1.48. The molecule has 0 aliphatic rings. The lowest BCUT2D eigenvalue weighted by Crippen LogP contribution is -2.26. The number of amides is 1. The van der Waals surface area contributed by atoms with E-state index in [1.807, 2.05) is 20.8 Å². The SMILES string of the molecule is CCCNc1cnc(C(C)C)nc1C(=O)NCC. The maximum Gasteiger partial charge on any atom is 0.272 e. The molecule has 0 spiro atoms.